The molecule has 0 spiro atoms. The van der Waals surface area contributed by atoms with Crippen LogP contribution >= 0.6 is 0 Å². The molecule has 0 aliphatic heterocycles. The van der Waals surface area contributed by atoms with Gasteiger partial charge in [0.05, 0.1) is 11.8 Å². The Morgan fingerprint density at radius 2 is 1.77 bits per heavy atom. The van der Waals surface area contributed by atoms with Gasteiger partial charge in [-0.25, -0.2) is 13.1 Å². The minimum atomic E-state index is -4.33. The summed E-state index contributed by atoms with van der Waals surface area (Å²) in [5.41, 5.74) is 0.130. The number of nitrogens with one attached hydrogen (secondary N) is 3. The molecule has 0 fully saturated rings. The van der Waals surface area contributed by atoms with Gasteiger partial charge in [0.2, 0.25) is 10.0 Å². The number of guanidine groups is 1. The first-order chi connectivity index (χ1) is 12.1. The first-order valence-electron chi connectivity index (χ1n) is 8.25. The predicted molar refractivity (Wildman–Crippen MR) is 96.6 cm³/mol. The van der Waals surface area contributed by atoms with Crippen molar-refractivity contribution in [1.82, 2.24) is 15.4 Å². The normalized spacial score (nSPS) is 12.9. The summed E-state index contributed by atoms with van der Waals surface area (Å²) in [7, 11) is -3.19. The summed E-state index contributed by atoms with van der Waals surface area (Å²) in [4.78, 5) is 4.32. The van der Waals surface area contributed by atoms with E-state index in [1.807, 2.05) is 6.92 Å². The van der Waals surface area contributed by atoms with Gasteiger partial charge in [0.1, 0.15) is 0 Å². The molecule has 1 aromatic carbocycles. The van der Waals surface area contributed by atoms with E-state index >= 15 is 0 Å². The van der Waals surface area contributed by atoms with Crippen LogP contribution in [0.1, 0.15) is 24.5 Å². The summed E-state index contributed by atoms with van der Waals surface area (Å²) in [5.74, 6) is 0.582. The Morgan fingerprint density at radius 3 is 2.31 bits per heavy atom. The SMILES string of the molecule is CCNC(=NCCCNS(C)(=O)=O)NCCc1ccc(C(F)(F)F)cc1. The third kappa shape index (κ3) is 9.62. The van der Waals surface area contributed by atoms with Crippen LogP contribution in [0.3, 0.4) is 0 Å². The summed E-state index contributed by atoms with van der Waals surface area (Å²) >= 11 is 0. The summed E-state index contributed by atoms with van der Waals surface area (Å²) in [6.45, 7) is 3.84. The lowest BCUT2D eigenvalue weighted by Gasteiger charge is -2.12. The highest BCUT2D eigenvalue weighted by Gasteiger charge is 2.29. The molecule has 148 valence electrons. The van der Waals surface area contributed by atoms with Crippen molar-refractivity contribution in [2.45, 2.75) is 25.9 Å². The van der Waals surface area contributed by atoms with E-state index in [1.54, 1.807) is 0 Å². The van der Waals surface area contributed by atoms with E-state index in [1.165, 1.54) is 12.1 Å². The highest BCUT2D eigenvalue weighted by Crippen LogP contribution is 2.29. The summed E-state index contributed by atoms with van der Waals surface area (Å²) in [6.07, 6.45) is -2.11. The zero-order valence-electron chi connectivity index (χ0n) is 14.9. The van der Waals surface area contributed by atoms with Crippen molar-refractivity contribution in [1.29, 1.82) is 0 Å². The van der Waals surface area contributed by atoms with Gasteiger partial charge in [0.25, 0.3) is 0 Å². The van der Waals surface area contributed by atoms with Crippen molar-refractivity contribution in [3.8, 4) is 0 Å². The molecule has 26 heavy (non-hydrogen) atoms. The standard InChI is InChI=1S/C16H25F3N4O2S/c1-3-20-15(21-10-4-11-23-26(2,24)25)22-12-9-13-5-7-14(8-6-13)16(17,18)19/h5-8,23H,3-4,9-12H2,1-2H3,(H2,20,21,22). The van der Waals surface area contributed by atoms with Crippen LogP contribution in [0.5, 0.6) is 0 Å². The summed E-state index contributed by atoms with van der Waals surface area (Å²) in [5, 5.41) is 6.16. The molecule has 0 bridgehead atoms. The molecule has 0 saturated carbocycles. The fourth-order valence-corrected chi connectivity index (χ4v) is 2.57. The maximum Gasteiger partial charge on any atom is 0.416 e. The number of hydrogen-bond donors (Lipinski definition) is 3. The number of benzene rings is 1. The Bertz CT molecular complexity index is 674. The van der Waals surface area contributed by atoms with Gasteiger partial charge in [0.15, 0.2) is 5.96 Å². The monoisotopic (exact) mass is 394 g/mol. The fraction of sp³-hybridized carbons (Fsp3) is 0.562. The Balaban J connectivity index is 2.41. The van der Waals surface area contributed by atoms with Crippen molar-refractivity contribution in [2.24, 2.45) is 4.99 Å². The molecule has 3 N–H and O–H groups in total. The van der Waals surface area contributed by atoms with E-state index in [2.05, 4.69) is 20.3 Å². The average molecular weight is 394 g/mol. The molecule has 0 aliphatic rings. The molecule has 0 atom stereocenters. The first-order valence-corrected chi connectivity index (χ1v) is 10.1. The highest BCUT2D eigenvalue weighted by atomic mass is 32.2. The lowest BCUT2D eigenvalue weighted by Crippen LogP contribution is -2.38. The van der Waals surface area contributed by atoms with Crippen LogP contribution in [-0.2, 0) is 22.6 Å². The summed E-state index contributed by atoms with van der Waals surface area (Å²) < 4.78 is 61.9. The van der Waals surface area contributed by atoms with Crippen LogP contribution in [-0.4, -0.2) is 46.8 Å². The second-order valence-electron chi connectivity index (χ2n) is 5.65. The van der Waals surface area contributed by atoms with Gasteiger partial charge in [-0.05, 0) is 37.5 Å². The number of sulfonamides is 1. The average Bonchev–Trinajstić information content (AvgIpc) is 2.53. The lowest BCUT2D eigenvalue weighted by atomic mass is 10.1. The van der Waals surface area contributed by atoms with Gasteiger partial charge >= 0.3 is 6.18 Å². The van der Waals surface area contributed by atoms with E-state index in [0.717, 1.165) is 24.0 Å². The van der Waals surface area contributed by atoms with Crippen LogP contribution in [0.2, 0.25) is 0 Å². The van der Waals surface area contributed by atoms with Crippen LogP contribution < -0.4 is 15.4 Å². The van der Waals surface area contributed by atoms with Crippen LogP contribution in [0.4, 0.5) is 13.2 Å². The molecule has 0 aliphatic carbocycles. The summed E-state index contributed by atoms with van der Waals surface area (Å²) in [6, 6.07) is 5.07. The molecule has 0 amide bonds. The Hall–Kier alpha value is -1.81. The van der Waals surface area contributed by atoms with Crippen molar-refractivity contribution in [3.63, 3.8) is 0 Å². The van der Waals surface area contributed by atoms with Crippen molar-refractivity contribution < 1.29 is 21.6 Å². The number of hydrogen-bond acceptors (Lipinski definition) is 3. The van der Waals surface area contributed by atoms with Crippen LogP contribution in [0.15, 0.2) is 29.3 Å². The zero-order valence-corrected chi connectivity index (χ0v) is 15.7. The van der Waals surface area contributed by atoms with Gasteiger partial charge in [-0.1, -0.05) is 12.1 Å². The second kappa shape index (κ2) is 10.4. The molecule has 0 heterocycles. The van der Waals surface area contributed by atoms with Crippen molar-refractivity contribution in [3.05, 3.63) is 35.4 Å². The third-order valence-corrected chi connectivity index (χ3v) is 4.03. The zero-order chi connectivity index (χ0) is 19.6. The van der Waals surface area contributed by atoms with Gasteiger partial charge in [-0.3, -0.25) is 4.99 Å². The molecular formula is C16H25F3N4O2S. The molecule has 0 unspecified atom stereocenters. The fourth-order valence-electron chi connectivity index (χ4n) is 2.05. The molecule has 6 nitrogen and oxygen atoms in total. The van der Waals surface area contributed by atoms with E-state index < -0.39 is 21.8 Å². The molecule has 0 aromatic heterocycles. The van der Waals surface area contributed by atoms with Crippen LogP contribution in [0, 0.1) is 0 Å². The maximum atomic E-state index is 12.5. The van der Waals surface area contributed by atoms with Gasteiger partial charge in [-0.2, -0.15) is 13.2 Å². The highest BCUT2D eigenvalue weighted by molar-refractivity contribution is 7.88. The molecule has 10 heteroatoms. The number of rotatable bonds is 9. The molecule has 0 saturated heterocycles. The lowest BCUT2D eigenvalue weighted by molar-refractivity contribution is -0.137. The smallest absolute Gasteiger partial charge is 0.357 e. The van der Waals surface area contributed by atoms with E-state index in [4.69, 9.17) is 0 Å². The van der Waals surface area contributed by atoms with E-state index in [9.17, 15) is 21.6 Å². The Morgan fingerprint density at radius 1 is 1.12 bits per heavy atom. The molecular weight excluding hydrogens is 369 g/mol. The number of alkyl halides is 3. The second-order valence-corrected chi connectivity index (χ2v) is 7.49. The predicted octanol–water partition coefficient (Wildman–Crippen LogP) is 1.74. The minimum absolute atomic E-state index is 0.313. The topological polar surface area (TPSA) is 82.6 Å². The number of aliphatic imine (C=N–C) groups is 1. The van der Waals surface area contributed by atoms with E-state index in [-0.39, 0.29) is 0 Å². The van der Waals surface area contributed by atoms with Gasteiger partial charge in [0, 0.05) is 26.2 Å². The van der Waals surface area contributed by atoms with E-state index in [0.29, 0.717) is 45.0 Å². The Kier molecular flexibility index (Phi) is 8.86. The van der Waals surface area contributed by atoms with Gasteiger partial charge < -0.3 is 10.6 Å². The third-order valence-electron chi connectivity index (χ3n) is 3.30. The molecule has 1 rings (SSSR count). The quantitative estimate of drug-likeness (QED) is 0.339. The largest absolute Gasteiger partial charge is 0.416 e. The molecule has 1 aromatic rings. The maximum absolute atomic E-state index is 12.5. The van der Waals surface area contributed by atoms with Crippen molar-refractivity contribution >= 4 is 16.0 Å². The Labute approximate surface area is 152 Å². The first kappa shape index (κ1) is 22.2. The minimum Gasteiger partial charge on any atom is -0.357 e. The number of nitrogens with zero attached hydrogens (tertiary/aromatic N) is 1. The number of halogens is 3. The molecule has 0 radical (unpaired) electrons. The van der Waals surface area contributed by atoms with Crippen LogP contribution in [0.25, 0.3) is 0 Å². The van der Waals surface area contributed by atoms with Crippen molar-refractivity contribution in [2.75, 3.05) is 32.4 Å². The van der Waals surface area contributed by atoms with Gasteiger partial charge in [-0.15, -0.1) is 0 Å².